The molecule has 0 radical (unpaired) electrons. The minimum Gasteiger partial charge on any atom is -0.493 e. The average molecular weight is 346 g/mol. The predicted molar refractivity (Wildman–Crippen MR) is 76.7 cm³/mol. The zero-order valence-electron chi connectivity index (χ0n) is 10.7. The molecule has 3 rings (SSSR count). The van der Waals surface area contributed by atoms with Crippen molar-refractivity contribution in [3.05, 3.63) is 28.2 Å². The smallest absolute Gasteiger partial charge is 0.217 e. The van der Waals surface area contributed by atoms with Crippen molar-refractivity contribution in [3.63, 3.8) is 0 Å². The summed E-state index contributed by atoms with van der Waals surface area (Å²) in [5, 5.41) is -0.170. The van der Waals surface area contributed by atoms with Crippen molar-refractivity contribution < 1.29 is 13.2 Å². The van der Waals surface area contributed by atoms with Crippen LogP contribution in [0.2, 0.25) is 0 Å². The summed E-state index contributed by atoms with van der Waals surface area (Å²) < 4.78 is 32.8. The van der Waals surface area contributed by atoms with Crippen molar-refractivity contribution >= 4 is 26.0 Å². The first-order chi connectivity index (χ1) is 9.00. The van der Waals surface area contributed by atoms with Gasteiger partial charge in [-0.3, -0.25) is 0 Å². The molecule has 0 saturated heterocycles. The first kappa shape index (κ1) is 13.4. The van der Waals surface area contributed by atoms with Crippen LogP contribution in [0.3, 0.4) is 0 Å². The van der Waals surface area contributed by atoms with Crippen molar-refractivity contribution in [1.29, 1.82) is 0 Å². The Bertz CT molecular complexity index is 598. The van der Waals surface area contributed by atoms with Crippen LogP contribution < -0.4 is 4.74 Å². The summed E-state index contributed by atoms with van der Waals surface area (Å²) in [5.74, 6) is 0.789. The minimum atomic E-state index is -3.16. The molecule has 1 atom stereocenters. The molecule has 19 heavy (non-hydrogen) atoms. The molecule has 1 aliphatic carbocycles. The molecule has 0 spiro atoms. The second-order valence-electron chi connectivity index (χ2n) is 5.10. The Morgan fingerprint density at radius 3 is 2.74 bits per heavy atom. The number of nitrogens with zero attached hydrogens (tertiary/aromatic N) is 1. The summed E-state index contributed by atoms with van der Waals surface area (Å²) in [4.78, 5) is 0. The third-order valence-corrected chi connectivity index (χ3v) is 6.63. The third-order valence-electron chi connectivity index (χ3n) is 3.77. The fraction of sp³-hybridized carbons (Fsp3) is 0.538. The van der Waals surface area contributed by atoms with E-state index in [-0.39, 0.29) is 11.3 Å². The van der Waals surface area contributed by atoms with Gasteiger partial charge in [0.15, 0.2) is 0 Å². The summed E-state index contributed by atoms with van der Waals surface area (Å²) in [6.07, 6.45) is 2.29. The van der Waals surface area contributed by atoms with Crippen LogP contribution in [0.1, 0.15) is 30.9 Å². The quantitative estimate of drug-likeness (QED) is 0.846. The molecule has 1 fully saturated rings. The first-order valence-electron chi connectivity index (χ1n) is 6.39. The van der Waals surface area contributed by atoms with E-state index in [1.165, 1.54) is 0 Å². The fourth-order valence-electron chi connectivity index (χ4n) is 2.50. The Labute approximate surface area is 121 Å². The van der Waals surface area contributed by atoms with Crippen LogP contribution in [0.4, 0.5) is 0 Å². The highest BCUT2D eigenvalue weighted by atomic mass is 79.9. The van der Waals surface area contributed by atoms with Crippen LogP contribution in [-0.2, 0) is 10.0 Å². The molecule has 104 valence electrons. The van der Waals surface area contributed by atoms with E-state index in [1.54, 1.807) is 11.4 Å². The van der Waals surface area contributed by atoms with Gasteiger partial charge in [-0.1, -0.05) is 15.9 Å². The lowest BCUT2D eigenvalue weighted by molar-refractivity contribution is 0.220. The molecule has 0 N–H and O–H groups in total. The molecule has 4 nitrogen and oxygen atoms in total. The van der Waals surface area contributed by atoms with Crippen LogP contribution in [0.25, 0.3) is 0 Å². The summed E-state index contributed by atoms with van der Waals surface area (Å²) in [5.41, 5.74) is 0.951. The van der Waals surface area contributed by atoms with Gasteiger partial charge in [-0.15, -0.1) is 0 Å². The maximum atomic E-state index is 12.4. The molecule has 1 aromatic carbocycles. The molecule has 6 heteroatoms. The van der Waals surface area contributed by atoms with Gasteiger partial charge >= 0.3 is 0 Å². The summed E-state index contributed by atoms with van der Waals surface area (Å²) >= 11 is 3.44. The maximum Gasteiger partial charge on any atom is 0.217 e. The summed E-state index contributed by atoms with van der Waals surface area (Å²) in [6, 6.07) is 5.64. The van der Waals surface area contributed by atoms with Crippen molar-refractivity contribution in [2.75, 3.05) is 13.7 Å². The average Bonchev–Trinajstić information content (AvgIpc) is 3.21. The van der Waals surface area contributed by atoms with Crippen LogP contribution in [0, 0.1) is 0 Å². The number of hydrogen-bond donors (Lipinski definition) is 0. The lowest BCUT2D eigenvalue weighted by Crippen LogP contribution is -2.36. The van der Waals surface area contributed by atoms with E-state index in [2.05, 4.69) is 15.9 Å². The van der Waals surface area contributed by atoms with E-state index in [0.717, 1.165) is 28.6 Å². The van der Waals surface area contributed by atoms with E-state index in [4.69, 9.17) is 4.74 Å². The largest absolute Gasteiger partial charge is 0.493 e. The van der Waals surface area contributed by atoms with Crippen molar-refractivity contribution in [2.45, 2.75) is 30.6 Å². The number of sulfonamides is 1. The van der Waals surface area contributed by atoms with Gasteiger partial charge in [0.25, 0.3) is 0 Å². The molecular formula is C13H16BrNO3S. The Morgan fingerprint density at radius 1 is 1.32 bits per heavy atom. The number of rotatable bonds is 3. The molecule has 1 saturated carbocycles. The third kappa shape index (κ3) is 2.41. The first-order valence-corrected chi connectivity index (χ1v) is 8.69. The van der Waals surface area contributed by atoms with Gasteiger partial charge < -0.3 is 4.74 Å². The molecule has 1 aromatic rings. The lowest BCUT2D eigenvalue weighted by Gasteiger charge is -2.32. The second-order valence-corrected chi connectivity index (χ2v) is 8.28. The highest BCUT2D eigenvalue weighted by Gasteiger charge is 2.42. The zero-order chi connectivity index (χ0) is 13.6. The molecular weight excluding hydrogens is 330 g/mol. The molecule has 2 aliphatic rings. The Morgan fingerprint density at radius 2 is 2.05 bits per heavy atom. The Kier molecular flexibility index (Phi) is 3.35. The highest BCUT2D eigenvalue weighted by molar-refractivity contribution is 9.10. The molecule has 0 amide bonds. The van der Waals surface area contributed by atoms with Crippen molar-refractivity contribution in [1.82, 2.24) is 4.31 Å². The molecule has 1 aliphatic heterocycles. The maximum absolute atomic E-state index is 12.4. The molecule has 1 unspecified atom stereocenters. The van der Waals surface area contributed by atoms with Crippen LogP contribution in [-0.4, -0.2) is 31.6 Å². The summed E-state index contributed by atoms with van der Waals surface area (Å²) in [6.45, 7) is 0.559. The topological polar surface area (TPSA) is 46.6 Å². The lowest BCUT2D eigenvalue weighted by atomic mass is 10.0. The fourth-order valence-corrected chi connectivity index (χ4v) is 4.66. The van der Waals surface area contributed by atoms with Gasteiger partial charge in [0, 0.05) is 23.5 Å². The Balaban J connectivity index is 1.97. The van der Waals surface area contributed by atoms with Gasteiger partial charge in [-0.25, -0.2) is 8.42 Å². The van der Waals surface area contributed by atoms with Crippen LogP contribution in [0.15, 0.2) is 22.7 Å². The number of fused-ring (bicyclic) bond motifs is 1. The number of ether oxygens (including phenoxy) is 1. The monoisotopic (exact) mass is 345 g/mol. The predicted octanol–water partition coefficient (Wildman–Crippen LogP) is 2.70. The van der Waals surface area contributed by atoms with Crippen LogP contribution in [0.5, 0.6) is 5.75 Å². The second kappa shape index (κ2) is 4.75. The van der Waals surface area contributed by atoms with E-state index < -0.39 is 10.0 Å². The SMILES string of the molecule is CN(C1CCOc2ccc(Br)cc21)S(=O)(=O)C1CC1. The van der Waals surface area contributed by atoms with Gasteiger partial charge in [-0.2, -0.15) is 4.31 Å². The number of hydrogen-bond acceptors (Lipinski definition) is 3. The van der Waals surface area contributed by atoms with Crippen molar-refractivity contribution in [3.8, 4) is 5.75 Å². The number of benzene rings is 1. The minimum absolute atomic E-state index is 0.119. The molecule has 1 heterocycles. The Hall–Kier alpha value is -0.590. The molecule has 0 bridgehead atoms. The van der Waals surface area contributed by atoms with Crippen LogP contribution >= 0.6 is 15.9 Å². The number of halogens is 1. The molecule has 0 aromatic heterocycles. The van der Waals surface area contributed by atoms with Crippen molar-refractivity contribution in [2.24, 2.45) is 0 Å². The zero-order valence-corrected chi connectivity index (χ0v) is 13.1. The van der Waals surface area contributed by atoms with E-state index in [9.17, 15) is 8.42 Å². The van der Waals surface area contributed by atoms with Gasteiger partial charge in [0.1, 0.15) is 5.75 Å². The highest BCUT2D eigenvalue weighted by Crippen LogP contribution is 2.41. The van der Waals surface area contributed by atoms with Gasteiger partial charge in [-0.05, 0) is 31.0 Å². The summed E-state index contributed by atoms with van der Waals surface area (Å²) in [7, 11) is -1.47. The normalized spacial score (nSPS) is 23.0. The van der Waals surface area contributed by atoms with Gasteiger partial charge in [0.05, 0.1) is 17.9 Å². The van der Waals surface area contributed by atoms with E-state index in [0.29, 0.717) is 13.0 Å². The van der Waals surface area contributed by atoms with E-state index in [1.807, 2.05) is 18.2 Å². The van der Waals surface area contributed by atoms with Gasteiger partial charge in [0.2, 0.25) is 10.0 Å². The van der Waals surface area contributed by atoms with E-state index >= 15 is 0 Å². The standard InChI is InChI=1S/C13H16BrNO3S/c1-15(19(16,17)10-3-4-10)12-6-7-18-13-5-2-9(14)8-11(12)13/h2,5,8,10,12H,3-4,6-7H2,1H3.